The molecule has 1 unspecified atom stereocenters. The Kier molecular flexibility index (Phi) is 2.86. The molecule has 1 aromatic heterocycles. The van der Waals surface area contributed by atoms with Crippen LogP contribution < -0.4 is 0 Å². The van der Waals surface area contributed by atoms with Crippen molar-refractivity contribution in [3.8, 4) is 0 Å². The third-order valence-electron chi connectivity index (χ3n) is 2.76. The number of hydrogen-bond acceptors (Lipinski definition) is 3. The number of carbonyl (C=O) groups excluding carboxylic acids is 1. The first-order valence-electron chi connectivity index (χ1n) is 5.23. The Hall–Kier alpha value is -1.16. The fraction of sp³-hybridized carbons (Fsp3) is 0.636. The van der Waals surface area contributed by atoms with Crippen LogP contribution in [-0.4, -0.2) is 28.8 Å². The van der Waals surface area contributed by atoms with Crippen molar-refractivity contribution in [3.05, 3.63) is 18.0 Å². The minimum atomic E-state index is -0.204. The van der Waals surface area contributed by atoms with E-state index in [0.717, 1.165) is 18.4 Å². The van der Waals surface area contributed by atoms with Crippen LogP contribution in [0.5, 0.6) is 0 Å². The molecular weight excluding hydrogens is 192 g/mol. The normalized spacial score (nSPS) is 17.7. The van der Waals surface area contributed by atoms with Gasteiger partial charge in [0.25, 0.3) is 0 Å². The van der Waals surface area contributed by atoms with Crippen molar-refractivity contribution < 1.29 is 9.53 Å². The Labute approximate surface area is 89.2 Å². The number of nitrogens with zero attached hydrogens (tertiary/aromatic N) is 2. The van der Waals surface area contributed by atoms with E-state index in [1.54, 1.807) is 18.0 Å². The van der Waals surface area contributed by atoms with Gasteiger partial charge < -0.3 is 4.74 Å². The molecule has 0 N–H and O–H groups in total. The van der Waals surface area contributed by atoms with Gasteiger partial charge in [0.05, 0.1) is 6.20 Å². The number of ketones is 1. The number of methoxy groups -OCH3 is 1. The van der Waals surface area contributed by atoms with E-state index in [1.807, 2.05) is 13.2 Å². The Morgan fingerprint density at radius 1 is 1.73 bits per heavy atom. The van der Waals surface area contributed by atoms with Crippen LogP contribution in [-0.2, 0) is 23.0 Å². The molecule has 15 heavy (non-hydrogen) atoms. The van der Waals surface area contributed by atoms with E-state index in [0.29, 0.717) is 12.3 Å². The molecule has 0 saturated heterocycles. The third-order valence-corrected chi connectivity index (χ3v) is 2.76. The zero-order valence-electron chi connectivity index (χ0n) is 9.14. The maximum Gasteiger partial charge on any atom is 0.166 e. The van der Waals surface area contributed by atoms with Crippen LogP contribution in [0.2, 0.25) is 0 Å². The molecule has 4 nitrogen and oxygen atoms in total. The molecule has 1 heterocycles. The second-order valence-corrected chi connectivity index (χ2v) is 4.16. The number of aromatic nitrogens is 2. The third kappa shape index (κ3) is 2.45. The minimum absolute atomic E-state index is 0.174. The van der Waals surface area contributed by atoms with Gasteiger partial charge >= 0.3 is 0 Å². The summed E-state index contributed by atoms with van der Waals surface area (Å²) in [6.45, 7) is 0. The van der Waals surface area contributed by atoms with Gasteiger partial charge in [0.2, 0.25) is 0 Å². The molecule has 0 amide bonds. The highest BCUT2D eigenvalue weighted by Crippen LogP contribution is 2.34. The molecule has 0 bridgehead atoms. The van der Waals surface area contributed by atoms with Crippen molar-refractivity contribution in [2.75, 3.05) is 7.11 Å². The van der Waals surface area contributed by atoms with Crippen molar-refractivity contribution in [1.29, 1.82) is 0 Å². The molecule has 1 aromatic rings. The summed E-state index contributed by atoms with van der Waals surface area (Å²) in [6, 6.07) is 0. The summed E-state index contributed by atoms with van der Waals surface area (Å²) in [5.41, 5.74) is 0.963. The van der Waals surface area contributed by atoms with Gasteiger partial charge in [-0.25, -0.2) is 0 Å². The molecule has 4 heteroatoms. The summed E-state index contributed by atoms with van der Waals surface area (Å²) in [4.78, 5) is 11.9. The maximum absolute atomic E-state index is 11.9. The predicted molar refractivity (Wildman–Crippen MR) is 55.4 cm³/mol. The van der Waals surface area contributed by atoms with Crippen LogP contribution in [0.15, 0.2) is 12.4 Å². The molecular formula is C11H16N2O2. The summed E-state index contributed by atoms with van der Waals surface area (Å²) < 4.78 is 6.95. The van der Waals surface area contributed by atoms with Gasteiger partial charge in [-0.1, -0.05) is 0 Å². The van der Waals surface area contributed by atoms with E-state index >= 15 is 0 Å². The summed E-state index contributed by atoms with van der Waals surface area (Å²) in [6.07, 6.45) is 6.08. The molecule has 2 rings (SSSR count). The highest BCUT2D eigenvalue weighted by molar-refractivity contribution is 5.85. The van der Waals surface area contributed by atoms with Gasteiger partial charge in [-0.15, -0.1) is 0 Å². The Morgan fingerprint density at radius 3 is 2.93 bits per heavy atom. The van der Waals surface area contributed by atoms with Crippen LogP contribution in [0.3, 0.4) is 0 Å². The van der Waals surface area contributed by atoms with E-state index in [-0.39, 0.29) is 11.9 Å². The Morgan fingerprint density at radius 2 is 2.47 bits per heavy atom. The van der Waals surface area contributed by atoms with E-state index in [4.69, 9.17) is 4.74 Å². The lowest BCUT2D eigenvalue weighted by Gasteiger charge is -2.11. The largest absolute Gasteiger partial charge is 0.373 e. The van der Waals surface area contributed by atoms with Gasteiger partial charge in [0.1, 0.15) is 6.10 Å². The first kappa shape index (κ1) is 10.4. The van der Waals surface area contributed by atoms with Gasteiger partial charge in [0.15, 0.2) is 5.78 Å². The monoisotopic (exact) mass is 208 g/mol. The van der Waals surface area contributed by atoms with Crippen molar-refractivity contribution in [1.82, 2.24) is 9.78 Å². The van der Waals surface area contributed by atoms with Crippen molar-refractivity contribution in [3.63, 3.8) is 0 Å². The standard InChI is InChI=1S/C11H16N2O2/c1-13-7-8(6-12-13)5-10(14)11(15-2)9-3-4-9/h6-7,9,11H,3-5H2,1-2H3. The van der Waals surface area contributed by atoms with Gasteiger partial charge in [0, 0.05) is 26.8 Å². The first-order valence-corrected chi connectivity index (χ1v) is 5.23. The lowest BCUT2D eigenvalue weighted by Crippen LogP contribution is -2.26. The molecule has 0 aliphatic heterocycles. The number of ether oxygens (including phenoxy) is 1. The van der Waals surface area contributed by atoms with Crippen molar-refractivity contribution in [2.24, 2.45) is 13.0 Å². The average molecular weight is 208 g/mol. The number of carbonyl (C=O) groups is 1. The second-order valence-electron chi connectivity index (χ2n) is 4.16. The van der Waals surface area contributed by atoms with Crippen LogP contribution in [0.1, 0.15) is 18.4 Å². The first-order chi connectivity index (χ1) is 7.20. The predicted octanol–water partition coefficient (Wildman–Crippen LogP) is 0.957. The van der Waals surface area contributed by atoms with E-state index in [1.165, 1.54) is 0 Å². The lowest BCUT2D eigenvalue weighted by molar-refractivity contribution is -0.129. The number of Topliss-reactive ketones (excluding diaryl/α,β-unsaturated/α-hetero) is 1. The summed E-state index contributed by atoms with van der Waals surface area (Å²) in [5, 5.41) is 4.04. The van der Waals surface area contributed by atoms with E-state index < -0.39 is 0 Å². The molecule has 82 valence electrons. The summed E-state index contributed by atoms with van der Waals surface area (Å²) >= 11 is 0. The highest BCUT2D eigenvalue weighted by Gasteiger charge is 2.35. The van der Waals surface area contributed by atoms with Gasteiger partial charge in [-0.3, -0.25) is 9.48 Å². The van der Waals surface area contributed by atoms with Crippen LogP contribution in [0.25, 0.3) is 0 Å². The Bertz CT molecular complexity index is 355. The number of rotatable bonds is 5. The lowest BCUT2D eigenvalue weighted by atomic mass is 10.1. The zero-order valence-corrected chi connectivity index (χ0v) is 9.14. The maximum atomic E-state index is 11.9. The molecule has 0 spiro atoms. The topological polar surface area (TPSA) is 44.1 Å². The minimum Gasteiger partial charge on any atom is -0.373 e. The van der Waals surface area contributed by atoms with Crippen molar-refractivity contribution >= 4 is 5.78 Å². The molecule has 0 aromatic carbocycles. The van der Waals surface area contributed by atoms with Gasteiger partial charge in [-0.05, 0) is 24.3 Å². The Balaban J connectivity index is 1.95. The molecule has 1 saturated carbocycles. The SMILES string of the molecule is COC(C(=O)Cc1cnn(C)c1)C1CC1. The number of aryl methyl sites for hydroxylation is 1. The number of hydrogen-bond donors (Lipinski definition) is 0. The zero-order chi connectivity index (χ0) is 10.8. The average Bonchev–Trinajstić information content (AvgIpc) is 2.93. The highest BCUT2D eigenvalue weighted by atomic mass is 16.5. The van der Waals surface area contributed by atoms with E-state index in [2.05, 4.69) is 5.10 Å². The summed E-state index contributed by atoms with van der Waals surface area (Å²) in [5.74, 6) is 0.632. The summed E-state index contributed by atoms with van der Waals surface area (Å²) in [7, 11) is 3.47. The van der Waals surface area contributed by atoms with Crippen LogP contribution >= 0.6 is 0 Å². The smallest absolute Gasteiger partial charge is 0.166 e. The van der Waals surface area contributed by atoms with E-state index in [9.17, 15) is 4.79 Å². The molecule has 1 aliphatic carbocycles. The molecule has 1 aliphatic rings. The second kappa shape index (κ2) is 4.14. The van der Waals surface area contributed by atoms with Crippen LogP contribution in [0.4, 0.5) is 0 Å². The fourth-order valence-corrected chi connectivity index (χ4v) is 1.85. The molecule has 0 radical (unpaired) electrons. The molecule has 1 fully saturated rings. The van der Waals surface area contributed by atoms with Crippen LogP contribution in [0, 0.1) is 5.92 Å². The van der Waals surface area contributed by atoms with Crippen molar-refractivity contribution in [2.45, 2.75) is 25.4 Å². The molecule has 1 atom stereocenters. The quantitative estimate of drug-likeness (QED) is 0.723. The fourth-order valence-electron chi connectivity index (χ4n) is 1.85. The van der Waals surface area contributed by atoms with Gasteiger partial charge in [-0.2, -0.15) is 5.10 Å².